The molecule has 9 heteroatoms. The van der Waals surface area contributed by atoms with Crippen molar-refractivity contribution in [3.05, 3.63) is 47.2 Å². The summed E-state index contributed by atoms with van der Waals surface area (Å²) in [6, 6.07) is 8.70. The van der Waals surface area contributed by atoms with Crippen molar-refractivity contribution in [3.63, 3.8) is 0 Å². The zero-order chi connectivity index (χ0) is 19.3. The number of hydrogen-bond donors (Lipinski definition) is 1. The summed E-state index contributed by atoms with van der Waals surface area (Å²) in [4.78, 5) is 14.1. The van der Waals surface area contributed by atoms with Crippen molar-refractivity contribution >= 4 is 44.6 Å². The van der Waals surface area contributed by atoms with Crippen LogP contribution in [0.1, 0.15) is 13.8 Å². The van der Waals surface area contributed by atoms with E-state index in [1.807, 2.05) is 0 Å². The molecule has 0 aliphatic carbocycles. The van der Waals surface area contributed by atoms with Crippen molar-refractivity contribution in [3.8, 4) is 5.75 Å². The van der Waals surface area contributed by atoms with E-state index < -0.39 is 27.3 Å². The van der Waals surface area contributed by atoms with Gasteiger partial charge >= 0.3 is 0 Å². The predicted octanol–water partition coefficient (Wildman–Crippen LogP) is 3.69. The standard InChI is InChI=1S/C17H16ClFN2O4S/c1-17(2)16(22)21(12-6-4-10(18)5-7-12)15-13(19)8-11(9-14(15)25-17)20-26(3,23)24/h4-9,20H,1-3H3. The van der Waals surface area contributed by atoms with Crippen LogP contribution >= 0.6 is 11.6 Å². The highest BCUT2D eigenvalue weighted by Gasteiger charge is 2.43. The van der Waals surface area contributed by atoms with Gasteiger partial charge in [-0.2, -0.15) is 0 Å². The Hall–Kier alpha value is -2.32. The van der Waals surface area contributed by atoms with Gasteiger partial charge < -0.3 is 4.74 Å². The summed E-state index contributed by atoms with van der Waals surface area (Å²) >= 11 is 5.89. The first kappa shape index (κ1) is 18.5. The first-order chi connectivity index (χ1) is 12.0. The third kappa shape index (κ3) is 3.47. The van der Waals surface area contributed by atoms with Crippen LogP contribution in [0.2, 0.25) is 5.02 Å². The Morgan fingerprint density at radius 3 is 2.38 bits per heavy atom. The summed E-state index contributed by atoms with van der Waals surface area (Å²) in [7, 11) is -3.60. The van der Waals surface area contributed by atoms with Gasteiger partial charge in [-0.25, -0.2) is 12.8 Å². The molecule has 1 aliphatic rings. The molecular weight excluding hydrogens is 383 g/mol. The molecule has 2 aromatic carbocycles. The molecule has 2 aromatic rings. The van der Waals surface area contributed by atoms with E-state index in [1.54, 1.807) is 38.1 Å². The lowest BCUT2D eigenvalue weighted by atomic mass is 10.0. The number of sulfonamides is 1. The first-order valence-electron chi connectivity index (χ1n) is 7.58. The van der Waals surface area contributed by atoms with E-state index in [2.05, 4.69) is 4.72 Å². The summed E-state index contributed by atoms with van der Waals surface area (Å²) < 4.78 is 45.5. The van der Waals surface area contributed by atoms with Crippen LogP contribution in [0, 0.1) is 5.82 Å². The summed E-state index contributed by atoms with van der Waals surface area (Å²) in [5.41, 5.74) is -0.941. The largest absolute Gasteiger partial charge is 0.476 e. The van der Waals surface area contributed by atoms with E-state index >= 15 is 0 Å². The van der Waals surface area contributed by atoms with E-state index in [9.17, 15) is 17.6 Å². The zero-order valence-corrected chi connectivity index (χ0v) is 15.8. The Morgan fingerprint density at radius 2 is 1.81 bits per heavy atom. The van der Waals surface area contributed by atoms with Gasteiger partial charge in [0.05, 0.1) is 11.9 Å². The van der Waals surface area contributed by atoms with Crippen LogP contribution in [0.5, 0.6) is 5.75 Å². The van der Waals surface area contributed by atoms with Crippen LogP contribution in [0.15, 0.2) is 36.4 Å². The number of nitrogens with one attached hydrogen (secondary N) is 1. The number of halogens is 2. The van der Waals surface area contributed by atoms with E-state index in [4.69, 9.17) is 16.3 Å². The van der Waals surface area contributed by atoms with E-state index in [-0.39, 0.29) is 17.1 Å². The van der Waals surface area contributed by atoms with Crippen molar-refractivity contribution in [1.82, 2.24) is 0 Å². The Morgan fingerprint density at radius 1 is 1.19 bits per heavy atom. The molecule has 1 aliphatic heterocycles. The second-order valence-electron chi connectivity index (χ2n) is 6.41. The van der Waals surface area contributed by atoms with Crippen molar-refractivity contribution in [2.75, 3.05) is 15.9 Å². The molecular formula is C17H16ClFN2O4S. The van der Waals surface area contributed by atoms with Gasteiger partial charge in [-0.3, -0.25) is 14.4 Å². The molecule has 0 saturated carbocycles. The average molecular weight is 399 g/mol. The minimum Gasteiger partial charge on any atom is -0.476 e. The number of benzene rings is 2. The summed E-state index contributed by atoms with van der Waals surface area (Å²) in [6.45, 7) is 3.10. The van der Waals surface area contributed by atoms with Gasteiger partial charge in [0.1, 0.15) is 11.4 Å². The monoisotopic (exact) mass is 398 g/mol. The third-order valence-corrected chi connectivity index (χ3v) is 4.58. The van der Waals surface area contributed by atoms with Gasteiger partial charge in [0.25, 0.3) is 5.91 Å². The predicted molar refractivity (Wildman–Crippen MR) is 98.2 cm³/mol. The second-order valence-corrected chi connectivity index (χ2v) is 8.59. The minimum atomic E-state index is -3.60. The molecule has 1 N–H and O–H groups in total. The molecule has 1 heterocycles. The molecule has 0 spiro atoms. The number of hydrogen-bond acceptors (Lipinski definition) is 4. The molecule has 138 valence electrons. The van der Waals surface area contributed by atoms with Crippen LogP contribution in [0.3, 0.4) is 0 Å². The average Bonchev–Trinajstić information content (AvgIpc) is 2.48. The number of carbonyl (C=O) groups excluding carboxylic acids is 1. The molecule has 0 aromatic heterocycles. The molecule has 26 heavy (non-hydrogen) atoms. The fourth-order valence-electron chi connectivity index (χ4n) is 2.67. The van der Waals surface area contributed by atoms with Crippen molar-refractivity contribution in [2.45, 2.75) is 19.4 Å². The van der Waals surface area contributed by atoms with Crippen molar-refractivity contribution in [2.24, 2.45) is 0 Å². The molecule has 0 fully saturated rings. The minimum absolute atomic E-state index is 0.00459. The number of nitrogens with zero attached hydrogens (tertiary/aromatic N) is 1. The van der Waals surface area contributed by atoms with E-state index in [0.717, 1.165) is 12.3 Å². The van der Waals surface area contributed by atoms with Crippen molar-refractivity contribution < 1.29 is 22.3 Å². The maximum atomic E-state index is 14.8. The Bertz CT molecular complexity index is 991. The maximum absolute atomic E-state index is 14.8. The lowest BCUT2D eigenvalue weighted by Gasteiger charge is -2.39. The molecule has 0 unspecified atom stereocenters. The van der Waals surface area contributed by atoms with E-state index in [0.29, 0.717) is 10.7 Å². The Balaban J connectivity index is 2.19. The van der Waals surface area contributed by atoms with Gasteiger partial charge in [-0.05, 0) is 38.1 Å². The quantitative estimate of drug-likeness (QED) is 0.855. The number of amides is 1. The van der Waals surface area contributed by atoms with Crippen LogP contribution in [-0.4, -0.2) is 26.2 Å². The SMILES string of the molecule is CC1(C)Oc2cc(NS(C)(=O)=O)cc(F)c2N(c2ccc(Cl)cc2)C1=O. The third-order valence-electron chi connectivity index (χ3n) is 3.72. The lowest BCUT2D eigenvalue weighted by Crippen LogP contribution is -2.50. The van der Waals surface area contributed by atoms with Crippen LogP contribution in [0.25, 0.3) is 0 Å². The van der Waals surface area contributed by atoms with Crippen LogP contribution < -0.4 is 14.4 Å². The zero-order valence-electron chi connectivity index (χ0n) is 14.2. The molecule has 0 saturated heterocycles. The van der Waals surface area contributed by atoms with Crippen LogP contribution in [-0.2, 0) is 14.8 Å². The number of anilines is 3. The maximum Gasteiger partial charge on any atom is 0.275 e. The van der Waals surface area contributed by atoms with Crippen molar-refractivity contribution in [1.29, 1.82) is 0 Å². The number of carbonyl (C=O) groups is 1. The Labute approximate surface area is 155 Å². The number of rotatable bonds is 3. The Kier molecular flexibility index (Phi) is 4.36. The second kappa shape index (κ2) is 6.14. The summed E-state index contributed by atoms with van der Waals surface area (Å²) in [5.74, 6) is -1.21. The molecule has 0 radical (unpaired) electrons. The smallest absolute Gasteiger partial charge is 0.275 e. The van der Waals surface area contributed by atoms with Gasteiger partial charge in [0.2, 0.25) is 10.0 Å². The van der Waals surface area contributed by atoms with E-state index in [1.165, 1.54) is 11.0 Å². The first-order valence-corrected chi connectivity index (χ1v) is 9.85. The normalized spacial score (nSPS) is 16.0. The lowest BCUT2D eigenvalue weighted by molar-refractivity contribution is -0.131. The van der Waals surface area contributed by atoms with Crippen LogP contribution in [0.4, 0.5) is 21.5 Å². The summed E-state index contributed by atoms with van der Waals surface area (Å²) in [6.07, 6.45) is 0.957. The highest BCUT2D eigenvalue weighted by molar-refractivity contribution is 7.92. The molecule has 0 bridgehead atoms. The topological polar surface area (TPSA) is 75.7 Å². The fourth-order valence-corrected chi connectivity index (χ4v) is 3.34. The molecule has 3 rings (SSSR count). The fraction of sp³-hybridized carbons (Fsp3) is 0.235. The molecule has 1 amide bonds. The number of ether oxygens (including phenoxy) is 1. The number of fused-ring (bicyclic) bond motifs is 1. The van der Waals surface area contributed by atoms with Gasteiger partial charge in [0.15, 0.2) is 11.4 Å². The van der Waals surface area contributed by atoms with Gasteiger partial charge in [-0.15, -0.1) is 0 Å². The summed E-state index contributed by atoms with van der Waals surface area (Å²) in [5, 5.41) is 0.474. The highest BCUT2D eigenvalue weighted by Crippen LogP contribution is 2.45. The van der Waals surface area contributed by atoms with Gasteiger partial charge in [-0.1, -0.05) is 11.6 Å². The van der Waals surface area contributed by atoms with Gasteiger partial charge in [0, 0.05) is 22.8 Å². The molecule has 6 nitrogen and oxygen atoms in total. The highest BCUT2D eigenvalue weighted by atomic mass is 35.5. The molecule has 0 atom stereocenters.